The molecule has 8 nitrogen and oxygen atoms in total. The number of aliphatic hydroxyl groups excluding tert-OH is 2. The van der Waals surface area contributed by atoms with Crippen LogP contribution < -0.4 is 0 Å². The Balaban J connectivity index is 1.71. The lowest BCUT2D eigenvalue weighted by Gasteiger charge is -2.47. The maximum absolute atomic E-state index is 11.7. The van der Waals surface area contributed by atoms with Gasteiger partial charge in [-0.3, -0.25) is 4.79 Å². The Hall–Kier alpha value is -0.770. The van der Waals surface area contributed by atoms with Crippen LogP contribution in [0.5, 0.6) is 0 Å². The third kappa shape index (κ3) is 7.15. The number of aliphatic hydroxyl groups is 3. The van der Waals surface area contributed by atoms with E-state index < -0.39 is 35.3 Å². The standard InChI is InChI=1S/C33H60O8/c1-10-24(31-20(6)17-33(12-3,41-31)26-13-14-32(38,11-2)23(9)39-26)29(37)21(7)28(36)22(8)30-19(5)15-18(4)25(40-30)16-27(34)35/h18-26,28-31,36-38H,10-17H2,1-9H3,(H,34,35)/t18-,19-,20+,21-,22-,23+,24+,25-,26-,28+,29+,30+,31+,32-,33+/m1/s1. The van der Waals surface area contributed by atoms with Gasteiger partial charge in [0.15, 0.2) is 0 Å². The quantitative estimate of drug-likeness (QED) is 0.247. The number of aliphatic carboxylic acids is 1. The summed E-state index contributed by atoms with van der Waals surface area (Å²) < 4.78 is 19.7. The number of carboxylic acids is 1. The Kier molecular flexibility index (Phi) is 11.8. The Labute approximate surface area is 248 Å². The molecular weight excluding hydrogens is 524 g/mol. The Bertz CT molecular complexity index is 853. The van der Waals surface area contributed by atoms with Gasteiger partial charge >= 0.3 is 5.97 Å². The summed E-state index contributed by atoms with van der Waals surface area (Å²) in [6.07, 6.45) is 2.47. The van der Waals surface area contributed by atoms with Crippen molar-refractivity contribution in [3.63, 3.8) is 0 Å². The van der Waals surface area contributed by atoms with Crippen LogP contribution >= 0.6 is 0 Å². The molecule has 41 heavy (non-hydrogen) atoms. The fourth-order valence-electron chi connectivity index (χ4n) is 8.48. The molecule has 0 saturated carbocycles. The first-order chi connectivity index (χ1) is 19.1. The fraction of sp³-hybridized carbons (Fsp3) is 0.970. The van der Waals surface area contributed by atoms with Crippen LogP contribution in [0, 0.1) is 35.5 Å². The minimum absolute atomic E-state index is 0.0411. The largest absolute Gasteiger partial charge is 0.481 e. The number of carbonyl (C=O) groups is 1. The summed E-state index contributed by atoms with van der Waals surface area (Å²) in [7, 11) is 0. The normalized spacial score (nSPS) is 43.7. The molecule has 3 aliphatic heterocycles. The molecule has 0 amide bonds. The highest BCUT2D eigenvalue weighted by Crippen LogP contribution is 2.49. The second-order valence-electron chi connectivity index (χ2n) is 14.1. The van der Waals surface area contributed by atoms with Crippen molar-refractivity contribution < 1.29 is 39.4 Å². The third-order valence-electron chi connectivity index (χ3n) is 11.5. The smallest absolute Gasteiger partial charge is 0.305 e. The zero-order valence-corrected chi connectivity index (χ0v) is 27.1. The minimum atomic E-state index is -0.874. The van der Waals surface area contributed by atoms with Gasteiger partial charge in [-0.1, -0.05) is 55.4 Å². The predicted octanol–water partition coefficient (Wildman–Crippen LogP) is 5.19. The molecule has 3 fully saturated rings. The van der Waals surface area contributed by atoms with Crippen molar-refractivity contribution in [2.24, 2.45) is 35.5 Å². The monoisotopic (exact) mass is 584 g/mol. The molecule has 15 atom stereocenters. The van der Waals surface area contributed by atoms with Gasteiger partial charge in [0, 0.05) is 17.8 Å². The van der Waals surface area contributed by atoms with E-state index in [0.29, 0.717) is 19.3 Å². The van der Waals surface area contributed by atoms with E-state index in [2.05, 4.69) is 27.7 Å². The Morgan fingerprint density at radius 3 is 2.12 bits per heavy atom. The zero-order chi connectivity index (χ0) is 30.9. The molecule has 3 rings (SSSR count). The van der Waals surface area contributed by atoms with Gasteiger partial charge in [-0.2, -0.15) is 0 Å². The van der Waals surface area contributed by atoms with Crippen molar-refractivity contribution in [3.8, 4) is 0 Å². The van der Waals surface area contributed by atoms with Crippen molar-refractivity contribution in [2.75, 3.05) is 0 Å². The molecule has 0 aromatic heterocycles. The summed E-state index contributed by atoms with van der Waals surface area (Å²) in [5.41, 5.74) is -1.26. The maximum Gasteiger partial charge on any atom is 0.305 e. The third-order valence-corrected chi connectivity index (χ3v) is 11.5. The zero-order valence-electron chi connectivity index (χ0n) is 27.1. The van der Waals surface area contributed by atoms with Crippen LogP contribution in [0.15, 0.2) is 0 Å². The molecule has 0 bridgehead atoms. The molecule has 0 aliphatic carbocycles. The lowest BCUT2D eigenvalue weighted by atomic mass is 9.73. The molecule has 0 aromatic carbocycles. The fourth-order valence-corrected chi connectivity index (χ4v) is 8.48. The molecule has 4 N–H and O–H groups in total. The molecule has 0 unspecified atom stereocenters. The SMILES string of the molecule is CC[C@@H]([C@@H](O)[C@H](C)[C@H](O)[C@@H](C)[C@H]1O[C@H](CC(=O)O)[C@H](C)C[C@H]1C)[C@H]1O[C@](CC)([C@H]2CC[C@](O)(CC)[C@H](C)O2)C[C@@H]1C. The van der Waals surface area contributed by atoms with Crippen LogP contribution in [-0.2, 0) is 19.0 Å². The highest BCUT2D eigenvalue weighted by Gasteiger charge is 2.55. The van der Waals surface area contributed by atoms with E-state index in [0.717, 1.165) is 25.7 Å². The van der Waals surface area contributed by atoms with Crippen LogP contribution in [0.1, 0.15) is 114 Å². The van der Waals surface area contributed by atoms with Crippen molar-refractivity contribution in [3.05, 3.63) is 0 Å². The van der Waals surface area contributed by atoms with Crippen molar-refractivity contribution in [2.45, 2.75) is 168 Å². The van der Waals surface area contributed by atoms with Crippen LogP contribution in [0.4, 0.5) is 0 Å². The predicted molar refractivity (Wildman–Crippen MR) is 158 cm³/mol. The average molecular weight is 585 g/mol. The molecule has 8 heteroatoms. The second kappa shape index (κ2) is 13.9. The molecule has 3 saturated heterocycles. The average Bonchev–Trinajstić information content (AvgIpc) is 3.27. The summed E-state index contributed by atoms with van der Waals surface area (Å²) >= 11 is 0. The van der Waals surface area contributed by atoms with E-state index in [1.807, 2.05) is 34.6 Å². The van der Waals surface area contributed by atoms with E-state index in [9.17, 15) is 25.2 Å². The van der Waals surface area contributed by atoms with Crippen LogP contribution in [-0.4, -0.2) is 80.3 Å². The molecule has 3 aliphatic rings. The highest BCUT2D eigenvalue weighted by atomic mass is 16.6. The first-order valence-electron chi connectivity index (χ1n) is 16.4. The molecular formula is C33H60O8. The Morgan fingerprint density at radius 1 is 0.927 bits per heavy atom. The minimum Gasteiger partial charge on any atom is -0.481 e. The van der Waals surface area contributed by atoms with Crippen molar-refractivity contribution in [1.82, 2.24) is 0 Å². The molecule has 240 valence electrons. The highest BCUT2D eigenvalue weighted by molar-refractivity contribution is 5.67. The van der Waals surface area contributed by atoms with Gasteiger partial charge in [0.1, 0.15) is 0 Å². The van der Waals surface area contributed by atoms with Gasteiger partial charge in [-0.05, 0) is 69.6 Å². The van der Waals surface area contributed by atoms with Gasteiger partial charge in [0.05, 0.1) is 60.4 Å². The molecule has 0 spiro atoms. The van der Waals surface area contributed by atoms with Crippen LogP contribution in [0.25, 0.3) is 0 Å². The summed E-state index contributed by atoms with van der Waals surface area (Å²) in [4.78, 5) is 11.4. The summed E-state index contributed by atoms with van der Waals surface area (Å²) in [5.74, 6) is -1.18. The molecule has 3 heterocycles. The number of carboxylic acid groups (broad SMARTS) is 1. The van der Waals surface area contributed by atoms with Crippen molar-refractivity contribution in [1.29, 1.82) is 0 Å². The lowest BCUT2D eigenvalue weighted by molar-refractivity contribution is -0.232. The van der Waals surface area contributed by atoms with E-state index >= 15 is 0 Å². The number of rotatable bonds is 12. The van der Waals surface area contributed by atoms with Gasteiger partial charge in [-0.25, -0.2) is 0 Å². The lowest BCUT2D eigenvalue weighted by Crippen LogP contribution is -2.55. The second-order valence-corrected chi connectivity index (χ2v) is 14.1. The van der Waals surface area contributed by atoms with E-state index in [4.69, 9.17) is 14.2 Å². The first kappa shape index (κ1) is 34.7. The van der Waals surface area contributed by atoms with E-state index in [-0.39, 0.29) is 66.5 Å². The Morgan fingerprint density at radius 2 is 1.59 bits per heavy atom. The van der Waals surface area contributed by atoms with E-state index in [1.165, 1.54) is 0 Å². The molecule has 0 aromatic rings. The van der Waals surface area contributed by atoms with Crippen LogP contribution in [0.2, 0.25) is 0 Å². The maximum atomic E-state index is 11.7. The number of ether oxygens (including phenoxy) is 3. The number of hydrogen-bond donors (Lipinski definition) is 4. The number of hydrogen-bond acceptors (Lipinski definition) is 7. The van der Waals surface area contributed by atoms with Gasteiger partial charge in [-0.15, -0.1) is 0 Å². The summed E-state index contributed by atoms with van der Waals surface area (Å²) in [5, 5.41) is 43.5. The van der Waals surface area contributed by atoms with E-state index in [1.54, 1.807) is 0 Å². The van der Waals surface area contributed by atoms with Gasteiger partial charge in [0.25, 0.3) is 0 Å². The summed E-state index contributed by atoms with van der Waals surface area (Å²) in [6, 6.07) is 0. The van der Waals surface area contributed by atoms with Gasteiger partial charge < -0.3 is 34.6 Å². The first-order valence-corrected chi connectivity index (χ1v) is 16.4. The van der Waals surface area contributed by atoms with Crippen molar-refractivity contribution >= 4 is 5.97 Å². The molecule has 0 radical (unpaired) electrons. The van der Waals surface area contributed by atoms with Gasteiger partial charge in [0.2, 0.25) is 0 Å². The topological polar surface area (TPSA) is 126 Å². The summed E-state index contributed by atoms with van der Waals surface area (Å²) in [6.45, 7) is 18.4. The van der Waals surface area contributed by atoms with Crippen LogP contribution in [0.3, 0.4) is 0 Å².